The zero-order valence-electron chi connectivity index (χ0n) is 11.5. The highest BCUT2D eigenvalue weighted by Crippen LogP contribution is 2.27. The fraction of sp³-hybridized carbons (Fsp3) is 0.643. The van der Waals surface area contributed by atoms with Gasteiger partial charge >= 0.3 is 6.09 Å². The van der Waals surface area contributed by atoms with E-state index in [4.69, 9.17) is 4.74 Å². The third-order valence-electron chi connectivity index (χ3n) is 3.26. The van der Waals surface area contributed by atoms with Crippen LogP contribution in [0.5, 0.6) is 0 Å². The van der Waals surface area contributed by atoms with Crippen molar-refractivity contribution >= 4 is 17.4 Å². The molecule has 3 nitrogen and oxygen atoms in total. The Morgan fingerprint density at radius 2 is 2.06 bits per heavy atom. The van der Waals surface area contributed by atoms with Crippen LogP contribution in [0.2, 0.25) is 0 Å². The number of hydrogen-bond donors (Lipinski definition) is 0. The summed E-state index contributed by atoms with van der Waals surface area (Å²) >= 11 is 1.75. The average Bonchev–Trinajstić information content (AvgIpc) is 2.72. The lowest BCUT2D eigenvalue weighted by Crippen LogP contribution is -2.43. The van der Waals surface area contributed by atoms with Gasteiger partial charge in [-0.3, -0.25) is 0 Å². The van der Waals surface area contributed by atoms with E-state index in [0.717, 1.165) is 19.3 Å². The van der Waals surface area contributed by atoms with Gasteiger partial charge in [0.15, 0.2) is 0 Å². The van der Waals surface area contributed by atoms with Gasteiger partial charge in [-0.1, -0.05) is 0 Å². The maximum atomic E-state index is 12.0. The summed E-state index contributed by atoms with van der Waals surface area (Å²) in [6.45, 7) is 5.70. The van der Waals surface area contributed by atoms with Crippen molar-refractivity contribution in [3.63, 3.8) is 0 Å². The highest BCUT2D eigenvalue weighted by molar-refractivity contribution is 7.08. The van der Waals surface area contributed by atoms with Crippen molar-refractivity contribution in [2.24, 2.45) is 0 Å². The first-order chi connectivity index (χ1) is 8.37. The molecular formula is C14H21NO2S. The largest absolute Gasteiger partial charge is 0.444 e. The van der Waals surface area contributed by atoms with Gasteiger partial charge in [0.25, 0.3) is 0 Å². The number of hydrogen-bond acceptors (Lipinski definition) is 3. The molecule has 0 saturated heterocycles. The molecule has 1 amide bonds. The SMILES string of the molecule is CN(C(=O)OC(C)(C)C)C1CCc2cscc2C1. The Kier molecular flexibility index (Phi) is 3.66. The van der Waals surface area contributed by atoms with E-state index in [1.807, 2.05) is 27.8 Å². The number of thiophene rings is 1. The Morgan fingerprint density at radius 3 is 2.72 bits per heavy atom. The third kappa shape index (κ3) is 3.05. The van der Waals surface area contributed by atoms with Crippen molar-refractivity contribution < 1.29 is 9.53 Å². The van der Waals surface area contributed by atoms with Crippen LogP contribution in [0, 0.1) is 0 Å². The van der Waals surface area contributed by atoms with Crippen molar-refractivity contribution in [2.45, 2.75) is 51.7 Å². The molecule has 1 unspecified atom stereocenters. The molecule has 0 radical (unpaired) electrons. The van der Waals surface area contributed by atoms with Crippen molar-refractivity contribution in [1.29, 1.82) is 0 Å². The lowest BCUT2D eigenvalue weighted by atomic mass is 9.91. The third-order valence-corrected chi connectivity index (χ3v) is 4.11. The van der Waals surface area contributed by atoms with Gasteiger partial charge in [0.1, 0.15) is 5.60 Å². The van der Waals surface area contributed by atoms with Gasteiger partial charge in [-0.05, 0) is 61.9 Å². The van der Waals surface area contributed by atoms with Gasteiger partial charge in [-0.2, -0.15) is 11.3 Å². The number of likely N-dealkylation sites (N-methyl/N-ethyl adjacent to an activating group) is 1. The summed E-state index contributed by atoms with van der Waals surface area (Å²) in [7, 11) is 1.84. The first kappa shape index (κ1) is 13.4. The number of aryl methyl sites for hydroxylation is 1. The topological polar surface area (TPSA) is 29.5 Å². The monoisotopic (exact) mass is 267 g/mol. The second kappa shape index (κ2) is 4.92. The zero-order valence-corrected chi connectivity index (χ0v) is 12.3. The van der Waals surface area contributed by atoms with Crippen molar-refractivity contribution in [1.82, 2.24) is 4.90 Å². The quantitative estimate of drug-likeness (QED) is 0.779. The van der Waals surface area contributed by atoms with Crippen LogP contribution in [0.3, 0.4) is 0 Å². The normalized spacial score (nSPS) is 19.2. The molecule has 1 aromatic heterocycles. The fourth-order valence-electron chi connectivity index (χ4n) is 2.24. The maximum Gasteiger partial charge on any atom is 0.410 e. The molecule has 0 saturated carbocycles. The molecule has 0 spiro atoms. The number of rotatable bonds is 1. The van der Waals surface area contributed by atoms with Crippen LogP contribution in [0.15, 0.2) is 10.8 Å². The van der Waals surface area contributed by atoms with E-state index in [1.165, 1.54) is 11.1 Å². The van der Waals surface area contributed by atoms with E-state index in [-0.39, 0.29) is 12.1 Å². The smallest absolute Gasteiger partial charge is 0.410 e. The molecule has 100 valence electrons. The molecular weight excluding hydrogens is 246 g/mol. The fourth-order valence-corrected chi connectivity index (χ4v) is 3.15. The highest BCUT2D eigenvalue weighted by atomic mass is 32.1. The van der Waals surface area contributed by atoms with E-state index in [9.17, 15) is 4.79 Å². The van der Waals surface area contributed by atoms with E-state index in [1.54, 1.807) is 16.2 Å². The second-order valence-corrected chi connectivity index (χ2v) is 6.65. The van der Waals surface area contributed by atoms with Crippen LogP contribution in [0.1, 0.15) is 38.3 Å². The highest BCUT2D eigenvalue weighted by Gasteiger charge is 2.28. The van der Waals surface area contributed by atoms with E-state index < -0.39 is 5.60 Å². The summed E-state index contributed by atoms with van der Waals surface area (Å²) in [6.07, 6.45) is 2.83. The molecule has 1 aliphatic rings. The van der Waals surface area contributed by atoms with Crippen molar-refractivity contribution in [3.05, 3.63) is 21.9 Å². The van der Waals surface area contributed by atoms with Gasteiger partial charge < -0.3 is 9.64 Å². The molecule has 1 aromatic rings. The predicted octanol–water partition coefficient (Wildman–Crippen LogP) is 3.47. The van der Waals surface area contributed by atoms with Crippen LogP contribution in [0.25, 0.3) is 0 Å². The second-order valence-electron chi connectivity index (χ2n) is 5.91. The summed E-state index contributed by atoms with van der Waals surface area (Å²) < 4.78 is 5.41. The van der Waals surface area contributed by atoms with Crippen LogP contribution >= 0.6 is 11.3 Å². The average molecular weight is 267 g/mol. The molecule has 0 fully saturated rings. The Hall–Kier alpha value is -1.03. The predicted molar refractivity (Wildman–Crippen MR) is 74.1 cm³/mol. The Balaban J connectivity index is 1.99. The number of amides is 1. The molecule has 0 aliphatic heterocycles. The molecule has 1 atom stereocenters. The zero-order chi connectivity index (χ0) is 13.3. The summed E-state index contributed by atoms with van der Waals surface area (Å²) in [6, 6.07) is 0.266. The Bertz CT molecular complexity index is 433. The Labute approximate surface area is 113 Å². The van der Waals surface area contributed by atoms with Crippen LogP contribution < -0.4 is 0 Å². The summed E-state index contributed by atoms with van der Waals surface area (Å²) in [5, 5.41) is 4.42. The standard InChI is InChI=1S/C14H21NO2S/c1-14(2,3)17-13(16)15(4)12-6-5-10-8-18-9-11(10)7-12/h8-9,12H,5-7H2,1-4H3. The molecule has 0 aromatic carbocycles. The maximum absolute atomic E-state index is 12.0. The molecule has 0 bridgehead atoms. The number of fused-ring (bicyclic) bond motifs is 1. The molecule has 2 rings (SSSR count). The molecule has 18 heavy (non-hydrogen) atoms. The van der Waals surface area contributed by atoms with Crippen LogP contribution in [-0.2, 0) is 17.6 Å². The summed E-state index contributed by atoms with van der Waals surface area (Å²) in [5.74, 6) is 0. The van der Waals surface area contributed by atoms with Gasteiger partial charge in [0, 0.05) is 13.1 Å². The van der Waals surface area contributed by atoms with Crippen LogP contribution in [0.4, 0.5) is 4.79 Å². The number of carbonyl (C=O) groups is 1. The number of carbonyl (C=O) groups excluding carboxylic acids is 1. The first-order valence-corrected chi connectivity index (χ1v) is 7.31. The molecule has 1 heterocycles. The van der Waals surface area contributed by atoms with Crippen molar-refractivity contribution in [2.75, 3.05) is 7.05 Å². The van der Waals surface area contributed by atoms with E-state index in [0.29, 0.717) is 0 Å². The van der Waals surface area contributed by atoms with E-state index in [2.05, 4.69) is 10.8 Å². The van der Waals surface area contributed by atoms with Gasteiger partial charge in [0.2, 0.25) is 0 Å². The molecule has 4 heteroatoms. The van der Waals surface area contributed by atoms with Gasteiger partial charge in [0.05, 0.1) is 0 Å². The lowest BCUT2D eigenvalue weighted by molar-refractivity contribution is 0.0210. The minimum atomic E-state index is -0.423. The Morgan fingerprint density at radius 1 is 1.39 bits per heavy atom. The minimum Gasteiger partial charge on any atom is -0.444 e. The van der Waals surface area contributed by atoms with Crippen molar-refractivity contribution in [3.8, 4) is 0 Å². The molecule has 0 N–H and O–H groups in total. The molecule has 1 aliphatic carbocycles. The number of ether oxygens (including phenoxy) is 1. The first-order valence-electron chi connectivity index (χ1n) is 6.36. The van der Waals surface area contributed by atoms with Gasteiger partial charge in [-0.25, -0.2) is 4.79 Å². The van der Waals surface area contributed by atoms with Gasteiger partial charge in [-0.15, -0.1) is 0 Å². The lowest BCUT2D eigenvalue weighted by Gasteiger charge is -2.33. The summed E-state index contributed by atoms with van der Waals surface area (Å²) in [5.41, 5.74) is 2.42. The van der Waals surface area contributed by atoms with E-state index >= 15 is 0 Å². The van der Waals surface area contributed by atoms with Crippen LogP contribution in [-0.4, -0.2) is 29.7 Å². The number of nitrogens with zero attached hydrogens (tertiary/aromatic N) is 1. The minimum absolute atomic E-state index is 0.217. The summed E-state index contributed by atoms with van der Waals surface area (Å²) in [4.78, 5) is 13.8.